The van der Waals surface area contributed by atoms with Gasteiger partial charge in [0.05, 0.1) is 26.5 Å². The van der Waals surface area contributed by atoms with Gasteiger partial charge in [-0.25, -0.2) is 0 Å². The van der Waals surface area contributed by atoms with Gasteiger partial charge in [0, 0.05) is 12.5 Å². The molecule has 0 radical (unpaired) electrons. The van der Waals surface area contributed by atoms with Gasteiger partial charge in [0.15, 0.2) is 0 Å². The number of aryl methyl sites for hydroxylation is 1. The predicted molar refractivity (Wildman–Crippen MR) is 98.7 cm³/mol. The molecular weight excluding hydrogens is 318 g/mol. The first kappa shape index (κ1) is 18.6. The molecule has 5 heteroatoms. The van der Waals surface area contributed by atoms with Crippen LogP contribution >= 0.6 is 0 Å². The Morgan fingerprint density at radius 1 is 1.00 bits per heavy atom. The lowest BCUT2D eigenvalue weighted by molar-refractivity contribution is -0.116. The van der Waals surface area contributed by atoms with E-state index in [1.165, 1.54) is 5.56 Å². The number of methoxy groups -OCH3 is 2. The van der Waals surface area contributed by atoms with Gasteiger partial charge in [-0.05, 0) is 42.7 Å². The molecule has 25 heavy (non-hydrogen) atoms. The summed E-state index contributed by atoms with van der Waals surface area (Å²) in [7, 11) is 3.14. The predicted octanol–water partition coefficient (Wildman–Crippen LogP) is 4.06. The molecule has 0 atom stereocenters. The van der Waals surface area contributed by atoms with Gasteiger partial charge in [-0.15, -0.1) is 0 Å². The van der Waals surface area contributed by atoms with Crippen molar-refractivity contribution in [2.45, 2.75) is 26.2 Å². The first-order valence-electron chi connectivity index (χ1n) is 8.40. The highest BCUT2D eigenvalue weighted by atomic mass is 16.5. The molecule has 2 aromatic rings. The zero-order valence-corrected chi connectivity index (χ0v) is 15.0. The number of carbonyl (C=O) groups excluding carboxylic acids is 1. The standard InChI is InChI=1S/C20H25NO4/c1-4-15-7-9-16(10-8-15)25-13-5-6-20(22)21-18-12-11-17(23-2)14-19(18)24-3/h7-12,14H,4-6,13H2,1-3H3,(H,21,22). The van der Waals surface area contributed by atoms with E-state index in [1.54, 1.807) is 32.4 Å². The molecule has 5 nitrogen and oxygen atoms in total. The molecule has 0 aliphatic rings. The molecule has 0 heterocycles. The Labute approximate surface area is 148 Å². The average Bonchev–Trinajstić information content (AvgIpc) is 2.66. The zero-order chi connectivity index (χ0) is 18.1. The maximum atomic E-state index is 12.1. The summed E-state index contributed by atoms with van der Waals surface area (Å²) in [5.74, 6) is 2.00. The van der Waals surface area contributed by atoms with Crippen LogP contribution in [0.3, 0.4) is 0 Å². The Balaban J connectivity index is 1.76. The van der Waals surface area contributed by atoms with E-state index in [1.807, 2.05) is 12.1 Å². The molecule has 0 saturated carbocycles. The Morgan fingerprint density at radius 3 is 2.36 bits per heavy atom. The van der Waals surface area contributed by atoms with Crippen LogP contribution in [0.2, 0.25) is 0 Å². The number of amides is 1. The van der Waals surface area contributed by atoms with E-state index in [0.717, 1.165) is 12.2 Å². The van der Waals surface area contributed by atoms with E-state index < -0.39 is 0 Å². The quantitative estimate of drug-likeness (QED) is 0.698. The number of benzene rings is 2. The lowest BCUT2D eigenvalue weighted by Crippen LogP contribution is -2.13. The highest BCUT2D eigenvalue weighted by molar-refractivity contribution is 5.92. The summed E-state index contributed by atoms with van der Waals surface area (Å²) in [6.45, 7) is 2.62. The summed E-state index contributed by atoms with van der Waals surface area (Å²) >= 11 is 0. The number of ether oxygens (including phenoxy) is 3. The fraction of sp³-hybridized carbons (Fsp3) is 0.350. The maximum Gasteiger partial charge on any atom is 0.224 e. The van der Waals surface area contributed by atoms with Gasteiger partial charge >= 0.3 is 0 Å². The molecule has 2 aromatic carbocycles. The van der Waals surface area contributed by atoms with Crippen molar-refractivity contribution in [3.05, 3.63) is 48.0 Å². The van der Waals surface area contributed by atoms with Gasteiger partial charge in [-0.3, -0.25) is 4.79 Å². The summed E-state index contributed by atoms with van der Waals surface area (Å²) in [5, 5.41) is 2.85. The Kier molecular flexibility index (Phi) is 7.14. The van der Waals surface area contributed by atoms with Crippen LogP contribution in [-0.2, 0) is 11.2 Å². The Bertz CT molecular complexity index is 683. The molecule has 0 aliphatic carbocycles. The zero-order valence-electron chi connectivity index (χ0n) is 15.0. The molecule has 0 bridgehead atoms. The molecule has 0 spiro atoms. The number of rotatable bonds is 9. The minimum absolute atomic E-state index is 0.0756. The van der Waals surface area contributed by atoms with E-state index in [-0.39, 0.29) is 5.91 Å². The van der Waals surface area contributed by atoms with Gasteiger partial charge in [0.25, 0.3) is 0 Å². The SMILES string of the molecule is CCc1ccc(OCCCC(=O)Nc2ccc(OC)cc2OC)cc1. The minimum Gasteiger partial charge on any atom is -0.497 e. The van der Waals surface area contributed by atoms with Crippen molar-refractivity contribution in [3.8, 4) is 17.2 Å². The van der Waals surface area contributed by atoms with Crippen LogP contribution in [0.15, 0.2) is 42.5 Å². The maximum absolute atomic E-state index is 12.1. The second-order valence-corrected chi connectivity index (χ2v) is 5.56. The third-order valence-corrected chi connectivity index (χ3v) is 3.83. The van der Waals surface area contributed by atoms with Gasteiger partial charge < -0.3 is 19.5 Å². The monoisotopic (exact) mass is 343 g/mol. The van der Waals surface area contributed by atoms with Crippen molar-refractivity contribution in [2.75, 3.05) is 26.1 Å². The molecule has 1 N–H and O–H groups in total. The van der Waals surface area contributed by atoms with Gasteiger partial charge in [-0.1, -0.05) is 19.1 Å². The number of hydrogen-bond acceptors (Lipinski definition) is 4. The normalized spacial score (nSPS) is 10.2. The fourth-order valence-electron chi connectivity index (χ4n) is 2.36. The second-order valence-electron chi connectivity index (χ2n) is 5.56. The molecule has 1 amide bonds. The molecule has 0 aliphatic heterocycles. The van der Waals surface area contributed by atoms with Gasteiger partial charge in [0.1, 0.15) is 17.2 Å². The van der Waals surface area contributed by atoms with Crippen molar-refractivity contribution in [2.24, 2.45) is 0 Å². The van der Waals surface area contributed by atoms with Gasteiger partial charge in [0.2, 0.25) is 5.91 Å². The topological polar surface area (TPSA) is 56.8 Å². The van der Waals surface area contributed by atoms with Crippen LogP contribution in [0.4, 0.5) is 5.69 Å². The third-order valence-electron chi connectivity index (χ3n) is 3.83. The van der Waals surface area contributed by atoms with E-state index in [0.29, 0.717) is 36.6 Å². The van der Waals surface area contributed by atoms with Crippen molar-refractivity contribution in [1.29, 1.82) is 0 Å². The summed E-state index contributed by atoms with van der Waals surface area (Å²) < 4.78 is 16.1. The highest BCUT2D eigenvalue weighted by Crippen LogP contribution is 2.29. The van der Waals surface area contributed by atoms with Crippen molar-refractivity contribution >= 4 is 11.6 Å². The smallest absolute Gasteiger partial charge is 0.224 e. The molecule has 0 saturated heterocycles. The van der Waals surface area contributed by atoms with Crippen LogP contribution in [-0.4, -0.2) is 26.7 Å². The number of anilines is 1. The fourth-order valence-corrected chi connectivity index (χ4v) is 2.36. The van der Waals surface area contributed by atoms with Crippen LogP contribution in [0.25, 0.3) is 0 Å². The molecule has 2 rings (SSSR count). The molecule has 134 valence electrons. The summed E-state index contributed by atoms with van der Waals surface area (Å²) in [6, 6.07) is 13.3. The average molecular weight is 343 g/mol. The first-order valence-corrected chi connectivity index (χ1v) is 8.40. The van der Waals surface area contributed by atoms with E-state index in [2.05, 4.69) is 24.4 Å². The number of carbonyl (C=O) groups is 1. The van der Waals surface area contributed by atoms with Crippen LogP contribution < -0.4 is 19.5 Å². The summed E-state index contributed by atoms with van der Waals surface area (Å²) in [5.41, 5.74) is 1.91. The lowest BCUT2D eigenvalue weighted by atomic mass is 10.2. The third kappa shape index (κ3) is 5.71. The van der Waals surface area contributed by atoms with Crippen LogP contribution in [0.5, 0.6) is 17.2 Å². The largest absolute Gasteiger partial charge is 0.497 e. The number of hydrogen-bond donors (Lipinski definition) is 1. The second kappa shape index (κ2) is 9.57. The van der Waals surface area contributed by atoms with Crippen LogP contribution in [0.1, 0.15) is 25.3 Å². The summed E-state index contributed by atoms with van der Waals surface area (Å²) in [6.07, 6.45) is 2.03. The van der Waals surface area contributed by atoms with Crippen molar-refractivity contribution < 1.29 is 19.0 Å². The molecular formula is C20H25NO4. The summed E-state index contributed by atoms with van der Waals surface area (Å²) in [4.78, 5) is 12.1. The van der Waals surface area contributed by atoms with Crippen molar-refractivity contribution in [3.63, 3.8) is 0 Å². The van der Waals surface area contributed by atoms with Gasteiger partial charge in [-0.2, -0.15) is 0 Å². The van der Waals surface area contributed by atoms with E-state index in [4.69, 9.17) is 14.2 Å². The molecule has 0 aromatic heterocycles. The van der Waals surface area contributed by atoms with Crippen molar-refractivity contribution in [1.82, 2.24) is 0 Å². The molecule has 0 unspecified atom stereocenters. The lowest BCUT2D eigenvalue weighted by Gasteiger charge is -2.12. The van der Waals surface area contributed by atoms with Crippen LogP contribution in [0, 0.1) is 0 Å². The Morgan fingerprint density at radius 2 is 1.72 bits per heavy atom. The molecule has 0 fully saturated rings. The minimum atomic E-state index is -0.0756. The van der Waals surface area contributed by atoms with E-state index in [9.17, 15) is 4.79 Å². The Hall–Kier alpha value is -2.69. The number of nitrogens with one attached hydrogen (secondary N) is 1. The highest BCUT2D eigenvalue weighted by Gasteiger charge is 2.09. The first-order chi connectivity index (χ1) is 12.2. The van der Waals surface area contributed by atoms with E-state index >= 15 is 0 Å².